The quantitative estimate of drug-likeness (QED) is 0.690. The van der Waals surface area contributed by atoms with Crippen LogP contribution in [0.3, 0.4) is 0 Å². The first-order chi connectivity index (χ1) is 9.40. The van der Waals surface area contributed by atoms with Crippen molar-refractivity contribution in [3.63, 3.8) is 0 Å². The van der Waals surface area contributed by atoms with E-state index >= 15 is 0 Å². The van der Waals surface area contributed by atoms with Crippen LogP contribution >= 0.6 is 0 Å². The number of alkyl halides is 1. The lowest BCUT2D eigenvalue weighted by atomic mass is 10.2. The SMILES string of the molecule is CC(=O)COCCC(F)COc1c(F)cc(C)cc1F. The summed E-state index contributed by atoms with van der Waals surface area (Å²) in [5, 5.41) is 0. The van der Waals surface area contributed by atoms with Crippen molar-refractivity contribution in [1.29, 1.82) is 0 Å². The number of hydrogen-bond donors (Lipinski definition) is 0. The summed E-state index contributed by atoms with van der Waals surface area (Å²) in [5.41, 5.74) is 0.418. The van der Waals surface area contributed by atoms with Crippen molar-refractivity contribution in [1.82, 2.24) is 0 Å². The average molecular weight is 290 g/mol. The van der Waals surface area contributed by atoms with Crippen molar-refractivity contribution in [2.24, 2.45) is 0 Å². The van der Waals surface area contributed by atoms with E-state index in [9.17, 15) is 18.0 Å². The number of rotatable bonds is 8. The van der Waals surface area contributed by atoms with Crippen LogP contribution in [-0.4, -0.2) is 31.8 Å². The van der Waals surface area contributed by atoms with Crippen LogP contribution in [0.5, 0.6) is 5.75 Å². The number of ketones is 1. The molecule has 20 heavy (non-hydrogen) atoms. The van der Waals surface area contributed by atoms with E-state index < -0.39 is 30.2 Å². The first kappa shape index (κ1) is 16.5. The summed E-state index contributed by atoms with van der Waals surface area (Å²) in [6.07, 6.45) is -1.44. The summed E-state index contributed by atoms with van der Waals surface area (Å²) in [6, 6.07) is 2.23. The lowest BCUT2D eigenvalue weighted by Crippen LogP contribution is -2.17. The molecule has 0 aromatic heterocycles. The molecule has 0 fully saturated rings. The summed E-state index contributed by atoms with van der Waals surface area (Å²) >= 11 is 0. The average Bonchev–Trinajstić information content (AvgIpc) is 2.33. The molecule has 0 heterocycles. The van der Waals surface area contributed by atoms with E-state index in [1.807, 2.05) is 0 Å². The molecular weight excluding hydrogens is 273 g/mol. The highest BCUT2D eigenvalue weighted by Crippen LogP contribution is 2.23. The highest BCUT2D eigenvalue weighted by atomic mass is 19.1. The molecule has 0 bridgehead atoms. The molecule has 0 saturated carbocycles. The number of halogens is 3. The van der Waals surface area contributed by atoms with Crippen LogP contribution in [0.15, 0.2) is 12.1 Å². The Kier molecular flexibility index (Phi) is 6.51. The molecule has 0 spiro atoms. The van der Waals surface area contributed by atoms with Gasteiger partial charge in [-0.3, -0.25) is 4.79 Å². The van der Waals surface area contributed by atoms with Gasteiger partial charge in [0.2, 0.25) is 0 Å². The number of benzene rings is 1. The second-order valence-electron chi connectivity index (χ2n) is 4.51. The van der Waals surface area contributed by atoms with Crippen molar-refractivity contribution in [2.75, 3.05) is 19.8 Å². The van der Waals surface area contributed by atoms with Crippen molar-refractivity contribution in [2.45, 2.75) is 26.4 Å². The van der Waals surface area contributed by atoms with E-state index in [4.69, 9.17) is 9.47 Å². The van der Waals surface area contributed by atoms with Crippen molar-refractivity contribution >= 4 is 5.78 Å². The number of ether oxygens (including phenoxy) is 2. The third-order valence-electron chi connectivity index (χ3n) is 2.43. The fourth-order valence-electron chi connectivity index (χ4n) is 1.51. The van der Waals surface area contributed by atoms with Gasteiger partial charge >= 0.3 is 0 Å². The Hall–Kier alpha value is -1.56. The minimum atomic E-state index is -1.43. The molecule has 3 nitrogen and oxygen atoms in total. The maximum Gasteiger partial charge on any atom is 0.190 e. The minimum absolute atomic E-state index is 0.0115. The number of aryl methyl sites for hydroxylation is 1. The zero-order chi connectivity index (χ0) is 15.1. The van der Waals surface area contributed by atoms with Gasteiger partial charge in [-0.15, -0.1) is 0 Å². The van der Waals surface area contributed by atoms with Crippen LogP contribution in [-0.2, 0) is 9.53 Å². The fourth-order valence-corrected chi connectivity index (χ4v) is 1.51. The van der Waals surface area contributed by atoms with E-state index in [0.29, 0.717) is 5.56 Å². The zero-order valence-electron chi connectivity index (χ0n) is 11.4. The Morgan fingerprint density at radius 3 is 2.45 bits per heavy atom. The van der Waals surface area contributed by atoms with Gasteiger partial charge in [0.15, 0.2) is 23.2 Å². The van der Waals surface area contributed by atoms with Gasteiger partial charge in [0.1, 0.15) is 19.4 Å². The van der Waals surface area contributed by atoms with Gasteiger partial charge in [0, 0.05) is 6.42 Å². The van der Waals surface area contributed by atoms with Crippen LogP contribution in [0.4, 0.5) is 13.2 Å². The standard InChI is InChI=1S/C14H17F3O3/c1-9-5-12(16)14(13(17)6-9)20-8-11(15)3-4-19-7-10(2)18/h5-6,11H,3-4,7-8H2,1-2H3. The molecule has 0 aliphatic carbocycles. The normalized spacial score (nSPS) is 12.2. The molecule has 0 aliphatic heterocycles. The molecule has 0 saturated heterocycles. The van der Waals surface area contributed by atoms with Crippen molar-refractivity contribution in [3.8, 4) is 5.75 Å². The molecule has 1 aromatic carbocycles. The van der Waals surface area contributed by atoms with Crippen LogP contribution in [0, 0.1) is 18.6 Å². The minimum Gasteiger partial charge on any atom is -0.485 e. The van der Waals surface area contributed by atoms with Gasteiger partial charge in [0.25, 0.3) is 0 Å². The second-order valence-corrected chi connectivity index (χ2v) is 4.51. The lowest BCUT2D eigenvalue weighted by molar-refractivity contribution is -0.121. The molecule has 0 amide bonds. The molecule has 112 valence electrons. The molecule has 1 rings (SSSR count). The summed E-state index contributed by atoms with van der Waals surface area (Å²) in [6.45, 7) is 2.40. The smallest absolute Gasteiger partial charge is 0.190 e. The molecule has 6 heteroatoms. The number of hydrogen-bond acceptors (Lipinski definition) is 3. The third-order valence-corrected chi connectivity index (χ3v) is 2.43. The number of carbonyl (C=O) groups is 1. The molecule has 0 radical (unpaired) electrons. The van der Waals surface area contributed by atoms with E-state index in [2.05, 4.69) is 0 Å². The monoisotopic (exact) mass is 290 g/mol. The Morgan fingerprint density at radius 2 is 1.90 bits per heavy atom. The Balaban J connectivity index is 2.37. The topological polar surface area (TPSA) is 35.5 Å². The first-order valence-corrected chi connectivity index (χ1v) is 6.20. The van der Waals surface area contributed by atoms with Gasteiger partial charge < -0.3 is 9.47 Å². The maximum absolute atomic E-state index is 13.4. The summed E-state index contributed by atoms with van der Waals surface area (Å²) in [5.74, 6) is -2.45. The van der Waals surface area contributed by atoms with E-state index in [1.165, 1.54) is 6.92 Å². The molecule has 1 aromatic rings. The van der Waals surface area contributed by atoms with Crippen LogP contribution in [0.2, 0.25) is 0 Å². The van der Waals surface area contributed by atoms with E-state index in [-0.39, 0.29) is 25.4 Å². The molecule has 1 unspecified atom stereocenters. The van der Waals surface area contributed by atoms with Gasteiger partial charge in [0.05, 0.1) is 6.61 Å². The van der Waals surface area contributed by atoms with E-state index in [0.717, 1.165) is 12.1 Å². The largest absolute Gasteiger partial charge is 0.485 e. The van der Waals surface area contributed by atoms with Crippen LogP contribution in [0.25, 0.3) is 0 Å². The fraction of sp³-hybridized carbons (Fsp3) is 0.500. The molecule has 0 aliphatic rings. The predicted octanol–water partition coefficient (Wildman–Crippen LogP) is 2.99. The Morgan fingerprint density at radius 1 is 1.30 bits per heavy atom. The summed E-state index contributed by atoms with van der Waals surface area (Å²) in [4.78, 5) is 10.6. The van der Waals surface area contributed by atoms with Gasteiger partial charge in [-0.05, 0) is 31.5 Å². The molecular formula is C14H17F3O3. The summed E-state index contributed by atoms with van der Waals surface area (Å²) < 4.78 is 49.9. The van der Waals surface area contributed by atoms with Crippen LogP contribution < -0.4 is 4.74 Å². The van der Waals surface area contributed by atoms with Gasteiger partial charge in [-0.2, -0.15) is 0 Å². The first-order valence-electron chi connectivity index (χ1n) is 6.20. The van der Waals surface area contributed by atoms with Gasteiger partial charge in [-0.25, -0.2) is 13.2 Å². The van der Waals surface area contributed by atoms with Crippen LogP contribution in [0.1, 0.15) is 18.9 Å². The summed E-state index contributed by atoms with van der Waals surface area (Å²) in [7, 11) is 0. The highest BCUT2D eigenvalue weighted by Gasteiger charge is 2.14. The Bertz CT molecular complexity index is 440. The highest BCUT2D eigenvalue weighted by molar-refractivity contribution is 5.76. The molecule has 0 N–H and O–H groups in total. The van der Waals surface area contributed by atoms with Crippen molar-refractivity contribution in [3.05, 3.63) is 29.3 Å². The Labute approximate surface area is 115 Å². The predicted molar refractivity (Wildman–Crippen MR) is 67.6 cm³/mol. The lowest BCUT2D eigenvalue weighted by Gasteiger charge is -2.12. The zero-order valence-corrected chi connectivity index (χ0v) is 11.4. The van der Waals surface area contributed by atoms with E-state index in [1.54, 1.807) is 6.92 Å². The maximum atomic E-state index is 13.4. The van der Waals surface area contributed by atoms with Crippen molar-refractivity contribution < 1.29 is 27.4 Å². The number of Topliss-reactive ketones (excluding diaryl/α,β-unsaturated/α-hetero) is 1. The van der Waals surface area contributed by atoms with Gasteiger partial charge in [-0.1, -0.05) is 0 Å². The number of carbonyl (C=O) groups excluding carboxylic acids is 1. The third kappa shape index (κ3) is 5.61. The second kappa shape index (κ2) is 7.89. The molecule has 1 atom stereocenters.